The second-order valence-electron chi connectivity index (χ2n) is 5.52. The molecular formula is C20H21N3. The van der Waals surface area contributed by atoms with Crippen LogP contribution in [0.5, 0.6) is 0 Å². The maximum atomic E-state index is 4.26. The zero-order valence-corrected chi connectivity index (χ0v) is 13.2. The van der Waals surface area contributed by atoms with Crippen molar-refractivity contribution in [3.63, 3.8) is 0 Å². The average Bonchev–Trinajstić information content (AvgIpc) is 3.13. The predicted octanol–water partition coefficient (Wildman–Crippen LogP) is 4.58. The quantitative estimate of drug-likeness (QED) is 0.598. The molecule has 0 aliphatic carbocycles. The molecule has 0 fully saturated rings. The summed E-state index contributed by atoms with van der Waals surface area (Å²) in [5.74, 6) is 0. The van der Waals surface area contributed by atoms with Gasteiger partial charge in [-0.3, -0.25) is 4.98 Å². The van der Waals surface area contributed by atoms with Gasteiger partial charge in [-0.05, 0) is 36.5 Å². The first-order chi connectivity index (χ1) is 11.4. The smallest absolute Gasteiger partial charge is 0.0945 e. The molecular weight excluding hydrogens is 282 g/mol. The van der Waals surface area contributed by atoms with E-state index in [9.17, 15) is 0 Å². The number of benzene rings is 1. The first-order valence-electron chi connectivity index (χ1n) is 8.05. The molecule has 2 aromatic heterocycles. The van der Waals surface area contributed by atoms with Gasteiger partial charge in [-0.25, -0.2) is 4.98 Å². The maximum absolute atomic E-state index is 4.26. The fraction of sp³-hybridized carbons (Fsp3) is 0.200. The van der Waals surface area contributed by atoms with Gasteiger partial charge in [0.2, 0.25) is 0 Å². The molecule has 23 heavy (non-hydrogen) atoms. The van der Waals surface area contributed by atoms with E-state index in [1.165, 1.54) is 16.7 Å². The number of nitrogens with zero attached hydrogens (tertiary/aromatic N) is 3. The van der Waals surface area contributed by atoms with Gasteiger partial charge in [0, 0.05) is 36.9 Å². The fourth-order valence-electron chi connectivity index (χ4n) is 2.65. The Morgan fingerprint density at radius 1 is 0.913 bits per heavy atom. The molecule has 0 aliphatic heterocycles. The predicted molar refractivity (Wildman–Crippen MR) is 93.8 cm³/mol. The van der Waals surface area contributed by atoms with Crippen molar-refractivity contribution in [1.82, 2.24) is 14.5 Å². The van der Waals surface area contributed by atoms with Crippen LogP contribution in [-0.2, 0) is 6.54 Å². The Labute approximate surface area is 137 Å². The van der Waals surface area contributed by atoms with Gasteiger partial charge in [-0.2, -0.15) is 0 Å². The van der Waals surface area contributed by atoms with Crippen molar-refractivity contribution in [2.24, 2.45) is 0 Å². The number of unbranched alkanes of at least 4 members (excludes halogenated alkanes) is 2. The highest BCUT2D eigenvalue weighted by atomic mass is 15.0. The van der Waals surface area contributed by atoms with Gasteiger partial charge < -0.3 is 4.57 Å². The van der Waals surface area contributed by atoms with Crippen LogP contribution >= 0.6 is 0 Å². The van der Waals surface area contributed by atoms with Crippen LogP contribution in [0, 0.1) is 0 Å². The Balaban J connectivity index is 1.66. The first kappa shape index (κ1) is 15.2. The van der Waals surface area contributed by atoms with Crippen molar-refractivity contribution < 1.29 is 0 Å². The Bertz CT molecular complexity index is 675. The summed E-state index contributed by atoms with van der Waals surface area (Å²) in [4.78, 5) is 8.33. The summed E-state index contributed by atoms with van der Waals surface area (Å²) in [6.07, 6.45) is 15.2. The maximum Gasteiger partial charge on any atom is 0.0945 e. The number of pyridine rings is 1. The van der Waals surface area contributed by atoms with Crippen molar-refractivity contribution in [3.8, 4) is 0 Å². The van der Waals surface area contributed by atoms with Crippen LogP contribution in [0.1, 0.15) is 30.4 Å². The van der Waals surface area contributed by atoms with E-state index in [4.69, 9.17) is 0 Å². The van der Waals surface area contributed by atoms with Crippen LogP contribution in [0.15, 0.2) is 79.7 Å². The van der Waals surface area contributed by atoms with Crippen molar-refractivity contribution in [2.45, 2.75) is 25.8 Å². The second-order valence-corrected chi connectivity index (χ2v) is 5.52. The number of allylic oxidation sites excluding steroid dienone is 1. The van der Waals surface area contributed by atoms with Gasteiger partial charge in [-0.1, -0.05) is 42.5 Å². The fourth-order valence-corrected chi connectivity index (χ4v) is 2.65. The van der Waals surface area contributed by atoms with E-state index in [1.54, 1.807) is 0 Å². The molecule has 3 rings (SSSR count). The molecule has 0 unspecified atom stereocenters. The van der Waals surface area contributed by atoms with Crippen molar-refractivity contribution in [2.75, 3.05) is 0 Å². The van der Waals surface area contributed by atoms with Gasteiger partial charge in [0.1, 0.15) is 0 Å². The normalized spacial score (nSPS) is 11.6. The van der Waals surface area contributed by atoms with E-state index in [0.717, 1.165) is 25.8 Å². The number of imidazole rings is 1. The third-order valence-corrected chi connectivity index (χ3v) is 3.84. The van der Waals surface area contributed by atoms with Gasteiger partial charge in [0.15, 0.2) is 0 Å². The zero-order valence-electron chi connectivity index (χ0n) is 13.2. The lowest BCUT2D eigenvalue weighted by molar-refractivity contribution is 0.614. The Morgan fingerprint density at radius 3 is 2.52 bits per heavy atom. The van der Waals surface area contributed by atoms with Crippen molar-refractivity contribution in [3.05, 3.63) is 90.8 Å². The molecule has 0 saturated heterocycles. The third-order valence-electron chi connectivity index (χ3n) is 3.84. The van der Waals surface area contributed by atoms with Gasteiger partial charge in [-0.15, -0.1) is 0 Å². The second kappa shape index (κ2) is 8.08. The van der Waals surface area contributed by atoms with E-state index in [1.807, 2.05) is 37.2 Å². The van der Waals surface area contributed by atoms with Crippen LogP contribution < -0.4 is 0 Å². The Hall–Kier alpha value is -2.68. The highest BCUT2D eigenvalue weighted by Crippen LogP contribution is 2.23. The monoisotopic (exact) mass is 303 g/mol. The van der Waals surface area contributed by atoms with Crippen LogP contribution in [-0.4, -0.2) is 14.5 Å². The van der Waals surface area contributed by atoms with E-state index in [-0.39, 0.29) is 0 Å². The summed E-state index contributed by atoms with van der Waals surface area (Å²) in [7, 11) is 0. The van der Waals surface area contributed by atoms with E-state index in [2.05, 4.69) is 57.0 Å². The highest BCUT2D eigenvalue weighted by molar-refractivity contribution is 5.79. The summed E-state index contributed by atoms with van der Waals surface area (Å²) in [6, 6.07) is 14.6. The lowest BCUT2D eigenvalue weighted by atomic mass is 9.97. The summed E-state index contributed by atoms with van der Waals surface area (Å²) >= 11 is 0. The number of hydrogen-bond acceptors (Lipinski definition) is 2. The molecule has 3 nitrogen and oxygen atoms in total. The molecule has 0 aliphatic rings. The molecule has 116 valence electrons. The molecule has 1 aromatic carbocycles. The lowest BCUT2D eigenvalue weighted by Gasteiger charge is -2.08. The third kappa shape index (κ3) is 4.39. The molecule has 0 N–H and O–H groups in total. The van der Waals surface area contributed by atoms with Crippen LogP contribution in [0.4, 0.5) is 0 Å². The molecule has 0 atom stereocenters. The molecule has 3 heteroatoms. The largest absolute Gasteiger partial charge is 0.337 e. The minimum absolute atomic E-state index is 1.03. The molecule has 0 bridgehead atoms. The topological polar surface area (TPSA) is 30.7 Å². The highest BCUT2D eigenvalue weighted by Gasteiger charge is 2.04. The summed E-state index contributed by atoms with van der Waals surface area (Å²) in [5.41, 5.74) is 3.68. The van der Waals surface area contributed by atoms with Crippen LogP contribution in [0.3, 0.4) is 0 Å². The molecule has 2 heterocycles. The lowest BCUT2D eigenvalue weighted by Crippen LogP contribution is -1.94. The Morgan fingerprint density at radius 2 is 1.78 bits per heavy atom. The summed E-state index contributed by atoms with van der Waals surface area (Å²) < 4.78 is 2.13. The van der Waals surface area contributed by atoms with E-state index < -0.39 is 0 Å². The number of hydrogen-bond donors (Lipinski definition) is 0. The van der Waals surface area contributed by atoms with Crippen molar-refractivity contribution >= 4 is 5.57 Å². The summed E-state index contributed by atoms with van der Waals surface area (Å²) in [6.45, 7) is 1.03. The number of aromatic nitrogens is 3. The SMILES string of the molecule is C(/CCCCn1ccnc1)=C(\c1ccccc1)c1cccnc1. The van der Waals surface area contributed by atoms with E-state index in [0.29, 0.717) is 0 Å². The van der Waals surface area contributed by atoms with Crippen LogP contribution in [0.25, 0.3) is 5.57 Å². The first-order valence-corrected chi connectivity index (χ1v) is 8.05. The molecule has 0 amide bonds. The number of aryl methyl sites for hydroxylation is 1. The van der Waals surface area contributed by atoms with Gasteiger partial charge in [0.05, 0.1) is 6.33 Å². The standard InChI is InChI=1S/C20H21N3/c1-3-8-18(9-4-1)20(19-10-7-12-21-16-19)11-5-2-6-14-23-15-13-22-17-23/h1,3-4,7-13,15-17H,2,5-6,14H2/b20-11-. The zero-order chi connectivity index (χ0) is 15.7. The molecule has 3 aromatic rings. The Kier molecular flexibility index (Phi) is 5.35. The minimum atomic E-state index is 1.03. The van der Waals surface area contributed by atoms with Gasteiger partial charge >= 0.3 is 0 Å². The number of rotatable bonds is 7. The average molecular weight is 303 g/mol. The van der Waals surface area contributed by atoms with E-state index >= 15 is 0 Å². The van der Waals surface area contributed by atoms with Crippen molar-refractivity contribution in [1.29, 1.82) is 0 Å². The molecule has 0 spiro atoms. The van der Waals surface area contributed by atoms with Gasteiger partial charge in [0.25, 0.3) is 0 Å². The molecule has 0 saturated carbocycles. The van der Waals surface area contributed by atoms with Crippen LogP contribution in [0.2, 0.25) is 0 Å². The molecule has 0 radical (unpaired) electrons. The minimum Gasteiger partial charge on any atom is -0.337 e. The summed E-state index contributed by atoms with van der Waals surface area (Å²) in [5, 5.41) is 0.